The molecule has 0 aliphatic rings. The summed E-state index contributed by atoms with van der Waals surface area (Å²) in [5.41, 5.74) is 6.84. The third-order valence-corrected chi connectivity index (χ3v) is 4.15. The lowest BCUT2D eigenvalue weighted by Gasteiger charge is -2.10. The third-order valence-electron chi connectivity index (χ3n) is 2.19. The number of nitrogens with two attached hydrogens (primary N) is 1. The van der Waals surface area contributed by atoms with E-state index in [9.17, 15) is 0 Å². The van der Waals surface area contributed by atoms with Crippen LogP contribution in [0.15, 0.2) is 34.2 Å². The SMILES string of the molecule is NC(Cc1ccc(Br)s1)c1ncccc1Cl. The number of nitrogens with zero attached hydrogens (tertiary/aromatic N) is 1. The molecule has 0 spiro atoms. The van der Waals surface area contributed by atoms with Gasteiger partial charge in [-0.15, -0.1) is 11.3 Å². The smallest absolute Gasteiger partial charge is 0.0760 e. The second-order valence-electron chi connectivity index (χ2n) is 3.39. The zero-order valence-corrected chi connectivity index (χ0v) is 11.5. The minimum absolute atomic E-state index is 0.153. The summed E-state index contributed by atoms with van der Waals surface area (Å²) in [6, 6.07) is 7.55. The first-order valence-corrected chi connectivity index (χ1v) is 6.76. The Morgan fingerprint density at radius 2 is 2.25 bits per heavy atom. The normalized spacial score (nSPS) is 12.7. The van der Waals surface area contributed by atoms with Crippen molar-refractivity contribution in [1.82, 2.24) is 4.98 Å². The molecule has 1 unspecified atom stereocenters. The van der Waals surface area contributed by atoms with Crippen molar-refractivity contribution in [2.75, 3.05) is 0 Å². The van der Waals surface area contributed by atoms with Crippen LogP contribution < -0.4 is 5.73 Å². The maximum Gasteiger partial charge on any atom is 0.0760 e. The van der Waals surface area contributed by atoms with Gasteiger partial charge in [0.25, 0.3) is 0 Å². The number of rotatable bonds is 3. The van der Waals surface area contributed by atoms with Gasteiger partial charge < -0.3 is 5.73 Å². The lowest BCUT2D eigenvalue weighted by molar-refractivity contribution is 0.704. The van der Waals surface area contributed by atoms with Crippen LogP contribution in [0.4, 0.5) is 0 Å². The van der Waals surface area contributed by atoms with Crippen LogP contribution in [0.3, 0.4) is 0 Å². The molecule has 2 rings (SSSR count). The summed E-state index contributed by atoms with van der Waals surface area (Å²) < 4.78 is 1.11. The predicted molar refractivity (Wildman–Crippen MR) is 71.9 cm³/mol. The minimum atomic E-state index is -0.153. The van der Waals surface area contributed by atoms with Crippen molar-refractivity contribution in [2.45, 2.75) is 12.5 Å². The molecule has 0 aliphatic heterocycles. The van der Waals surface area contributed by atoms with E-state index in [-0.39, 0.29) is 6.04 Å². The third kappa shape index (κ3) is 2.83. The lowest BCUT2D eigenvalue weighted by Crippen LogP contribution is -2.14. The topological polar surface area (TPSA) is 38.9 Å². The van der Waals surface area contributed by atoms with Gasteiger partial charge in [-0.25, -0.2) is 0 Å². The highest BCUT2D eigenvalue weighted by molar-refractivity contribution is 9.11. The van der Waals surface area contributed by atoms with E-state index in [1.54, 1.807) is 23.6 Å². The van der Waals surface area contributed by atoms with Crippen LogP contribution in [-0.2, 0) is 6.42 Å². The van der Waals surface area contributed by atoms with Crippen LogP contribution >= 0.6 is 38.9 Å². The average molecular weight is 318 g/mol. The van der Waals surface area contributed by atoms with E-state index in [1.807, 2.05) is 12.1 Å². The Labute approximate surface area is 112 Å². The Kier molecular flexibility index (Phi) is 3.97. The van der Waals surface area contributed by atoms with Gasteiger partial charge in [0.1, 0.15) is 0 Å². The van der Waals surface area contributed by atoms with E-state index in [1.165, 1.54) is 4.88 Å². The Bertz CT molecular complexity index is 486. The van der Waals surface area contributed by atoms with Crippen molar-refractivity contribution < 1.29 is 0 Å². The molecule has 0 aromatic carbocycles. The van der Waals surface area contributed by atoms with Crippen molar-refractivity contribution in [3.05, 3.63) is 49.8 Å². The van der Waals surface area contributed by atoms with Gasteiger partial charge >= 0.3 is 0 Å². The largest absolute Gasteiger partial charge is 0.322 e. The summed E-state index contributed by atoms with van der Waals surface area (Å²) >= 11 is 11.2. The fourth-order valence-corrected chi connectivity index (χ4v) is 3.25. The number of halogens is 2. The number of thiophene rings is 1. The van der Waals surface area contributed by atoms with Crippen molar-refractivity contribution in [2.24, 2.45) is 5.73 Å². The highest BCUT2D eigenvalue weighted by atomic mass is 79.9. The van der Waals surface area contributed by atoms with E-state index < -0.39 is 0 Å². The quantitative estimate of drug-likeness (QED) is 0.935. The average Bonchev–Trinajstić information content (AvgIpc) is 2.64. The Morgan fingerprint density at radius 3 is 2.88 bits per heavy atom. The van der Waals surface area contributed by atoms with Gasteiger partial charge in [0.15, 0.2) is 0 Å². The van der Waals surface area contributed by atoms with Gasteiger partial charge in [0.05, 0.1) is 20.5 Å². The van der Waals surface area contributed by atoms with E-state index in [0.29, 0.717) is 5.02 Å². The monoisotopic (exact) mass is 316 g/mol. The molecule has 0 saturated carbocycles. The van der Waals surface area contributed by atoms with Gasteiger partial charge in [0.2, 0.25) is 0 Å². The molecule has 2 heterocycles. The Balaban J connectivity index is 2.14. The molecular formula is C11H10BrClN2S. The standard InChI is InChI=1S/C11H10BrClN2S/c12-10-4-3-7(16-10)6-9(14)11-8(13)2-1-5-15-11/h1-5,9H,6,14H2. The molecule has 2 aromatic heterocycles. The summed E-state index contributed by atoms with van der Waals surface area (Å²) in [7, 11) is 0. The molecular weight excluding hydrogens is 308 g/mol. The predicted octanol–water partition coefficient (Wildman–Crippen LogP) is 3.80. The van der Waals surface area contributed by atoms with Crippen LogP contribution in [0.25, 0.3) is 0 Å². The first-order chi connectivity index (χ1) is 7.66. The van der Waals surface area contributed by atoms with Crippen LogP contribution in [0, 0.1) is 0 Å². The molecule has 0 amide bonds. The molecule has 16 heavy (non-hydrogen) atoms. The van der Waals surface area contributed by atoms with E-state index in [4.69, 9.17) is 17.3 Å². The molecule has 0 bridgehead atoms. The van der Waals surface area contributed by atoms with Crippen molar-refractivity contribution in [3.8, 4) is 0 Å². The first-order valence-electron chi connectivity index (χ1n) is 4.77. The summed E-state index contributed by atoms with van der Waals surface area (Å²) in [5.74, 6) is 0. The van der Waals surface area contributed by atoms with E-state index in [2.05, 4.69) is 27.0 Å². The molecule has 2 nitrogen and oxygen atoms in total. The van der Waals surface area contributed by atoms with Crippen molar-refractivity contribution in [3.63, 3.8) is 0 Å². The summed E-state index contributed by atoms with van der Waals surface area (Å²) in [5, 5.41) is 0.630. The summed E-state index contributed by atoms with van der Waals surface area (Å²) in [6.45, 7) is 0. The fraction of sp³-hybridized carbons (Fsp3) is 0.182. The highest BCUT2D eigenvalue weighted by Crippen LogP contribution is 2.27. The Morgan fingerprint density at radius 1 is 1.44 bits per heavy atom. The van der Waals surface area contributed by atoms with Crippen LogP contribution in [0.2, 0.25) is 5.02 Å². The highest BCUT2D eigenvalue weighted by Gasteiger charge is 2.12. The van der Waals surface area contributed by atoms with Gasteiger partial charge in [-0.05, 0) is 40.2 Å². The zero-order chi connectivity index (χ0) is 11.5. The fourth-order valence-electron chi connectivity index (χ4n) is 1.45. The molecule has 0 aliphatic carbocycles. The summed E-state index contributed by atoms with van der Waals surface area (Å²) in [6.07, 6.45) is 2.47. The van der Waals surface area contributed by atoms with Gasteiger partial charge in [-0.3, -0.25) is 4.98 Å². The molecule has 1 atom stereocenters. The number of hydrogen-bond acceptors (Lipinski definition) is 3. The number of aromatic nitrogens is 1. The Hall–Kier alpha value is -0.420. The summed E-state index contributed by atoms with van der Waals surface area (Å²) in [4.78, 5) is 5.44. The molecule has 0 saturated heterocycles. The van der Waals surface area contributed by atoms with Crippen LogP contribution in [0.1, 0.15) is 16.6 Å². The first kappa shape index (κ1) is 12.0. The molecule has 2 N–H and O–H groups in total. The second-order valence-corrected chi connectivity index (χ2v) is 6.34. The van der Waals surface area contributed by atoms with Gasteiger partial charge in [-0.2, -0.15) is 0 Å². The van der Waals surface area contributed by atoms with Crippen LogP contribution in [-0.4, -0.2) is 4.98 Å². The molecule has 0 radical (unpaired) electrons. The van der Waals surface area contributed by atoms with Gasteiger partial charge in [0, 0.05) is 17.5 Å². The number of hydrogen-bond donors (Lipinski definition) is 1. The molecule has 0 fully saturated rings. The van der Waals surface area contributed by atoms with Crippen molar-refractivity contribution >= 4 is 38.9 Å². The molecule has 5 heteroatoms. The number of pyridine rings is 1. The van der Waals surface area contributed by atoms with E-state index >= 15 is 0 Å². The minimum Gasteiger partial charge on any atom is -0.322 e. The van der Waals surface area contributed by atoms with E-state index in [0.717, 1.165) is 15.9 Å². The van der Waals surface area contributed by atoms with Crippen molar-refractivity contribution in [1.29, 1.82) is 0 Å². The molecule has 84 valence electrons. The maximum atomic E-state index is 6.08. The second kappa shape index (κ2) is 5.27. The maximum absolute atomic E-state index is 6.08. The zero-order valence-electron chi connectivity index (χ0n) is 8.36. The lowest BCUT2D eigenvalue weighted by atomic mass is 10.1. The molecule has 2 aromatic rings. The van der Waals surface area contributed by atoms with Crippen LogP contribution in [0.5, 0.6) is 0 Å². The van der Waals surface area contributed by atoms with Gasteiger partial charge in [-0.1, -0.05) is 11.6 Å².